The minimum absolute atomic E-state index is 0.0243. The van der Waals surface area contributed by atoms with Crippen LogP contribution in [-0.4, -0.2) is 24.5 Å². The summed E-state index contributed by atoms with van der Waals surface area (Å²) in [6.45, 7) is 0.361. The normalized spacial score (nSPS) is 11.9. The monoisotopic (exact) mass is 249 g/mol. The van der Waals surface area contributed by atoms with Crippen LogP contribution < -0.4 is 14.2 Å². The zero-order valence-corrected chi connectivity index (χ0v) is 9.51. The summed E-state index contributed by atoms with van der Waals surface area (Å²) >= 11 is 0. The van der Waals surface area contributed by atoms with Crippen LogP contribution in [0.2, 0.25) is 0 Å². The summed E-state index contributed by atoms with van der Waals surface area (Å²) in [4.78, 5) is 11.1. The fraction of sp³-hybridized carbons (Fsp3) is 0.333. The van der Waals surface area contributed by atoms with E-state index in [1.54, 1.807) is 0 Å². The standard InChI is InChI=1S/C12H11NO5/c13-3-1-2-4-16-9-6-11-10(17-7-18-11)5-8(9)12(14)15/h5-6H,1-2,4,7H2,(H,14,15). The third-order valence-electron chi connectivity index (χ3n) is 2.40. The summed E-state index contributed by atoms with van der Waals surface area (Å²) in [6.07, 6.45) is 0.914. The molecule has 1 aromatic rings. The van der Waals surface area contributed by atoms with Crippen molar-refractivity contribution >= 4 is 5.97 Å². The molecule has 18 heavy (non-hydrogen) atoms. The van der Waals surface area contributed by atoms with Gasteiger partial charge in [-0.1, -0.05) is 0 Å². The molecule has 0 aliphatic carbocycles. The summed E-state index contributed by atoms with van der Waals surface area (Å²) < 4.78 is 15.6. The van der Waals surface area contributed by atoms with Crippen molar-refractivity contribution < 1.29 is 24.1 Å². The molecule has 0 saturated heterocycles. The van der Waals surface area contributed by atoms with Gasteiger partial charge in [0.1, 0.15) is 11.3 Å². The molecule has 1 heterocycles. The first-order valence-electron chi connectivity index (χ1n) is 5.39. The zero-order chi connectivity index (χ0) is 13.0. The topological polar surface area (TPSA) is 88.8 Å². The lowest BCUT2D eigenvalue weighted by Gasteiger charge is -2.09. The summed E-state index contributed by atoms with van der Waals surface area (Å²) in [6, 6.07) is 4.87. The molecule has 0 amide bonds. The maximum atomic E-state index is 11.1. The third kappa shape index (κ3) is 2.46. The van der Waals surface area contributed by atoms with Crippen LogP contribution in [0.3, 0.4) is 0 Å². The van der Waals surface area contributed by atoms with Gasteiger partial charge in [0, 0.05) is 18.6 Å². The molecule has 0 bridgehead atoms. The Labute approximate surface area is 103 Å². The second-order valence-electron chi connectivity index (χ2n) is 3.62. The molecular weight excluding hydrogens is 238 g/mol. The Kier molecular flexibility index (Phi) is 3.53. The predicted molar refractivity (Wildman–Crippen MR) is 59.9 cm³/mol. The molecule has 0 saturated carbocycles. The maximum absolute atomic E-state index is 11.1. The highest BCUT2D eigenvalue weighted by Crippen LogP contribution is 2.38. The van der Waals surface area contributed by atoms with E-state index in [2.05, 4.69) is 0 Å². The number of carboxylic acid groups (broad SMARTS) is 1. The molecule has 0 atom stereocenters. The summed E-state index contributed by atoms with van der Waals surface area (Å²) in [7, 11) is 0. The van der Waals surface area contributed by atoms with Crippen molar-refractivity contribution in [3.8, 4) is 23.3 Å². The molecule has 1 N–H and O–H groups in total. The number of hydrogen-bond acceptors (Lipinski definition) is 5. The second kappa shape index (κ2) is 5.27. The fourth-order valence-corrected chi connectivity index (χ4v) is 1.54. The van der Waals surface area contributed by atoms with Crippen LogP contribution in [0, 0.1) is 11.3 Å². The zero-order valence-electron chi connectivity index (χ0n) is 9.51. The van der Waals surface area contributed by atoms with E-state index in [9.17, 15) is 4.79 Å². The van der Waals surface area contributed by atoms with Crippen molar-refractivity contribution in [1.82, 2.24) is 0 Å². The number of nitrogens with zero attached hydrogens (tertiary/aromatic N) is 1. The van der Waals surface area contributed by atoms with Gasteiger partial charge in [-0.25, -0.2) is 4.79 Å². The molecule has 0 radical (unpaired) electrons. The van der Waals surface area contributed by atoms with Crippen LogP contribution in [0.5, 0.6) is 17.2 Å². The molecule has 6 nitrogen and oxygen atoms in total. The van der Waals surface area contributed by atoms with Crippen molar-refractivity contribution in [1.29, 1.82) is 5.26 Å². The van der Waals surface area contributed by atoms with Gasteiger partial charge in [-0.05, 0) is 6.42 Å². The molecule has 6 heteroatoms. The molecule has 0 aromatic heterocycles. The van der Waals surface area contributed by atoms with Crippen LogP contribution in [0.25, 0.3) is 0 Å². The summed E-state index contributed by atoms with van der Waals surface area (Å²) in [5.41, 5.74) is 0.0243. The van der Waals surface area contributed by atoms with E-state index in [1.807, 2.05) is 6.07 Å². The van der Waals surface area contributed by atoms with Gasteiger partial charge in [-0.2, -0.15) is 5.26 Å². The van der Waals surface area contributed by atoms with Gasteiger partial charge < -0.3 is 19.3 Å². The highest BCUT2D eigenvalue weighted by atomic mass is 16.7. The fourth-order valence-electron chi connectivity index (χ4n) is 1.54. The highest BCUT2D eigenvalue weighted by Gasteiger charge is 2.21. The Balaban J connectivity index is 2.17. The minimum Gasteiger partial charge on any atom is -0.493 e. The number of nitriles is 1. The van der Waals surface area contributed by atoms with Gasteiger partial charge in [-0.3, -0.25) is 0 Å². The van der Waals surface area contributed by atoms with E-state index >= 15 is 0 Å². The number of benzene rings is 1. The average molecular weight is 249 g/mol. The maximum Gasteiger partial charge on any atom is 0.339 e. The van der Waals surface area contributed by atoms with Gasteiger partial charge >= 0.3 is 5.97 Å². The number of hydrogen-bond donors (Lipinski definition) is 1. The molecule has 0 unspecified atom stereocenters. The lowest BCUT2D eigenvalue weighted by Crippen LogP contribution is -2.04. The van der Waals surface area contributed by atoms with E-state index in [-0.39, 0.29) is 24.7 Å². The number of fused-ring (bicyclic) bond motifs is 1. The molecule has 0 spiro atoms. The van der Waals surface area contributed by atoms with E-state index in [0.717, 1.165) is 0 Å². The first-order valence-corrected chi connectivity index (χ1v) is 5.39. The molecule has 0 fully saturated rings. The van der Waals surface area contributed by atoms with Gasteiger partial charge in [0.2, 0.25) is 6.79 Å². The smallest absolute Gasteiger partial charge is 0.339 e. The van der Waals surface area contributed by atoms with Crippen LogP contribution in [0.1, 0.15) is 23.2 Å². The quantitative estimate of drug-likeness (QED) is 0.800. The Hall–Kier alpha value is -2.42. The number of carbonyl (C=O) groups is 1. The Morgan fingerprint density at radius 2 is 2.17 bits per heavy atom. The number of unbranched alkanes of at least 4 members (excludes halogenated alkanes) is 1. The molecule has 94 valence electrons. The number of rotatable bonds is 5. The SMILES string of the molecule is N#CCCCOc1cc2c(cc1C(=O)O)OCO2. The first kappa shape index (κ1) is 12.0. The third-order valence-corrected chi connectivity index (χ3v) is 2.40. The molecule has 1 aliphatic rings. The van der Waals surface area contributed by atoms with Gasteiger partial charge in [0.15, 0.2) is 11.5 Å². The number of carboxylic acids is 1. The van der Waals surface area contributed by atoms with Gasteiger partial charge in [0.25, 0.3) is 0 Å². The van der Waals surface area contributed by atoms with E-state index in [0.29, 0.717) is 24.3 Å². The van der Waals surface area contributed by atoms with E-state index < -0.39 is 5.97 Å². The van der Waals surface area contributed by atoms with Crippen molar-refractivity contribution in [3.63, 3.8) is 0 Å². The summed E-state index contributed by atoms with van der Waals surface area (Å²) in [5.74, 6) is 0.000307. The van der Waals surface area contributed by atoms with Crippen molar-refractivity contribution in [3.05, 3.63) is 17.7 Å². The average Bonchev–Trinajstić information content (AvgIpc) is 2.80. The highest BCUT2D eigenvalue weighted by molar-refractivity contribution is 5.92. The molecule has 2 rings (SSSR count). The van der Waals surface area contributed by atoms with Crippen LogP contribution >= 0.6 is 0 Å². The van der Waals surface area contributed by atoms with Gasteiger partial charge in [0.05, 0.1) is 12.7 Å². The van der Waals surface area contributed by atoms with Crippen LogP contribution in [-0.2, 0) is 0 Å². The first-order chi connectivity index (χ1) is 8.72. The predicted octanol–water partition coefficient (Wildman–Crippen LogP) is 1.80. The number of ether oxygens (including phenoxy) is 3. The molecule has 1 aromatic carbocycles. The largest absolute Gasteiger partial charge is 0.493 e. The lowest BCUT2D eigenvalue weighted by molar-refractivity contribution is 0.0691. The second-order valence-corrected chi connectivity index (χ2v) is 3.62. The van der Waals surface area contributed by atoms with Crippen LogP contribution in [0.4, 0.5) is 0 Å². The van der Waals surface area contributed by atoms with E-state index in [4.69, 9.17) is 24.6 Å². The van der Waals surface area contributed by atoms with E-state index in [1.165, 1.54) is 12.1 Å². The Morgan fingerprint density at radius 1 is 1.44 bits per heavy atom. The minimum atomic E-state index is -1.09. The van der Waals surface area contributed by atoms with Crippen molar-refractivity contribution in [2.45, 2.75) is 12.8 Å². The molecular formula is C12H11NO5. The lowest BCUT2D eigenvalue weighted by atomic mass is 10.2. The Bertz CT molecular complexity index is 506. The van der Waals surface area contributed by atoms with Crippen LogP contribution in [0.15, 0.2) is 12.1 Å². The molecule has 1 aliphatic heterocycles. The number of aromatic carboxylic acids is 1. The summed E-state index contributed by atoms with van der Waals surface area (Å²) in [5, 5.41) is 17.5. The Morgan fingerprint density at radius 3 is 2.83 bits per heavy atom. The van der Waals surface area contributed by atoms with Crippen molar-refractivity contribution in [2.75, 3.05) is 13.4 Å². The van der Waals surface area contributed by atoms with Crippen molar-refractivity contribution in [2.24, 2.45) is 0 Å². The van der Waals surface area contributed by atoms with Gasteiger partial charge in [-0.15, -0.1) is 0 Å².